The molecule has 0 bridgehead atoms. The predicted molar refractivity (Wildman–Crippen MR) is 39.2 cm³/mol. The van der Waals surface area contributed by atoms with Crippen molar-refractivity contribution < 1.29 is 9.90 Å². The highest BCUT2D eigenvalue weighted by molar-refractivity contribution is 6.22. The number of carbonyl (C=O) groups is 1. The molecule has 0 heterocycles. The van der Waals surface area contributed by atoms with Crippen molar-refractivity contribution in [3.8, 4) is 0 Å². The molecule has 10 heavy (non-hydrogen) atoms. The molecule has 58 valence electrons. The van der Waals surface area contributed by atoms with Gasteiger partial charge in [0, 0.05) is 5.38 Å². The zero-order chi connectivity index (χ0) is 7.56. The third-order valence-corrected chi connectivity index (χ3v) is 2.52. The van der Waals surface area contributed by atoms with Gasteiger partial charge in [0.25, 0.3) is 0 Å². The minimum absolute atomic E-state index is 0.133. The van der Waals surface area contributed by atoms with Gasteiger partial charge in [-0.25, -0.2) is 0 Å². The predicted octanol–water partition coefficient (Wildman–Crippen LogP) is 1.87. The first-order chi connectivity index (χ1) is 4.72. The molecule has 0 spiro atoms. The summed E-state index contributed by atoms with van der Waals surface area (Å²) in [6.07, 6.45) is 3.71. The van der Waals surface area contributed by atoms with Gasteiger partial charge in [-0.1, -0.05) is 12.8 Å². The number of carboxylic acids is 1. The molecule has 0 aromatic rings. The van der Waals surface area contributed by atoms with E-state index in [2.05, 4.69) is 0 Å². The maximum atomic E-state index is 10.5. The van der Waals surface area contributed by atoms with Crippen LogP contribution >= 0.6 is 11.6 Å². The van der Waals surface area contributed by atoms with Gasteiger partial charge >= 0.3 is 5.97 Å². The molecular formula is C7H11ClO2. The van der Waals surface area contributed by atoms with Crippen molar-refractivity contribution in [3.05, 3.63) is 0 Å². The van der Waals surface area contributed by atoms with E-state index in [1.807, 2.05) is 0 Å². The van der Waals surface area contributed by atoms with Crippen molar-refractivity contribution in [2.24, 2.45) is 5.92 Å². The van der Waals surface area contributed by atoms with Crippen LogP contribution in [0.25, 0.3) is 0 Å². The molecule has 3 heteroatoms. The normalized spacial score (nSPS) is 33.7. The van der Waals surface area contributed by atoms with E-state index >= 15 is 0 Å². The lowest BCUT2D eigenvalue weighted by Gasteiger charge is -2.22. The Morgan fingerprint density at radius 3 is 2.40 bits per heavy atom. The summed E-state index contributed by atoms with van der Waals surface area (Å²) in [5, 5.41) is 8.49. The molecular weight excluding hydrogens is 152 g/mol. The fourth-order valence-electron chi connectivity index (χ4n) is 1.36. The molecule has 1 N–H and O–H groups in total. The average Bonchev–Trinajstić information content (AvgIpc) is 1.88. The number of carboxylic acid groups (broad SMARTS) is 1. The molecule has 1 saturated carbocycles. The largest absolute Gasteiger partial charge is 0.481 e. The maximum Gasteiger partial charge on any atom is 0.307 e. The first kappa shape index (κ1) is 7.86. The van der Waals surface area contributed by atoms with Crippen LogP contribution in [-0.2, 0) is 4.79 Å². The Bertz CT molecular complexity index is 136. The quantitative estimate of drug-likeness (QED) is 0.598. The van der Waals surface area contributed by atoms with Crippen molar-refractivity contribution in [3.63, 3.8) is 0 Å². The van der Waals surface area contributed by atoms with E-state index in [1.54, 1.807) is 0 Å². The second kappa shape index (κ2) is 3.24. The molecule has 1 rings (SSSR count). The van der Waals surface area contributed by atoms with E-state index in [0.717, 1.165) is 25.7 Å². The van der Waals surface area contributed by atoms with Gasteiger partial charge in [0.15, 0.2) is 0 Å². The number of halogens is 1. The van der Waals surface area contributed by atoms with Gasteiger partial charge in [-0.2, -0.15) is 0 Å². The van der Waals surface area contributed by atoms with Gasteiger partial charge in [0.2, 0.25) is 0 Å². The second-order valence-electron chi connectivity index (χ2n) is 2.75. The standard InChI is InChI=1S/C7H11ClO2/c8-6-4-2-1-3-5(6)7(9)10/h5-6H,1-4H2,(H,9,10)/t5-,6-/m0/s1. The van der Waals surface area contributed by atoms with Crippen LogP contribution in [0.1, 0.15) is 25.7 Å². The molecule has 0 saturated heterocycles. The molecule has 0 unspecified atom stereocenters. The second-order valence-corrected chi connectivity index (χ2v) is 3.31. The maximum absolute atomic E-state index is 10.5. The van der Waals surface area contributed by atoms with Crippen molar-refractivity contribution >= 4 is 17.6 Å². The van der Waals surface area contributed by atoms with Crippen LogP contribution in [-0.4, -0.2) is 16.5 Å². The lowest BCUT2D eigenvalue weighted by molar-refractivity contribution is -0.142. The summed E-state index contributed by atoms with van der Waals surface area (Å²) in [4.78, 5) is 10.5. The van der Waals surface area contributed by atoms with Crippen LogP contribution in [0.15, 0.2) is 0 Å². The summed E-state index contributed by atoms with van der Waals surface area (Å²) in [6, 6.07) is 0. The zero-order valence-corrected chi connectivity index (χ0v) is 6.47. The molecule has 2 atom stereocenters. The number of alkyl halides is 1. The highest BCUT2D eigenvalue weighted by atomic mass is 35.5. The highest BCUT2D eigenvalue weighted by Crippen LogP contribution is 2.28. The summed E-state index contributed by atoms with van der Waals surface area (Å²) in [6.45, 7) is 0. The van der Waals surface area contributed by atoms with E-state index in [0.29, 0.717) is 0 Å². The number of hydrogen-bond donors (Lipinski definition) is 1. The van der Waals surface area contributed by atoms with Crippen LogP contribution in [0.5, 0.6) is 0 Å². The monoisotopic (exact) mass is 162 g/mol. The van der Waals surface area contributed by atoms with E-state index < -0.39 is 5.97 Å². The fraction of sp³-hybridized carbons (Fsp3) is 0.857. The Hall–Kier alpha value is -0.240. The average molecular weight is 163 g/mol. The van der Waals surface area contributed by atoms with Crippen LogP contribution in [0.2, 0.25) is 0 Å². The first-order valence-electron chi connectivity index (χ1n) is 3.58. The van der Waals surface area contributed by atoms with Gasteiger partial charge in [0.1, 0.15) is 0 Å². The van der Waals surface area contributed by atoms with Crippen molar-refractivity contribution in [1.29, 1.82) is 0 Å². The minimum Gasteiger partial charge on any atom is -0.481 e. The molecule has 0 aromatic heterocycles. The van der Waals surface area contributed by atoms with Gasteiger partial charge in [-0.15, -0.1) is 11.6 Å². The molecule has 1 aliphatic rings. The van der Waals surface area contributed by atoms with Crippen molar-refractivity contribution in [1.82, 2.24) is 0 Å². The Kier molecular flexibility index (Phi) is 2.55. The lowest BCUT2D eigenvalue weighted by atomic mass is 9.89. The van der Waals surface area contributed by atoms with E-state index in [4.69, 9.17) is 16.7 Å². The third kappa shape index (κ3) is 1.63. The highest BCUT2D eigenvalue weighted by Gasteiger charge is 2.28. The Morgan fingerprint density at radius 1 is 1.40 bits per heavy atom. The molecule has 0 amide bonds. The Balaban J connectivity index is 2.47. The zero-order valence-electron chi connectivity index (χ0n) is 5.72. The van der Waals surface area contributed by atoms with Crippen LogP contribution in [0.3, 0.4) is 0 Å². The Labute approximate surface area is 65.2 Å². The van der Waals surface area contributed by atoms with E-state index in [9.17, 15) is 4.79 Å². The summed E-state index contributed by atoms with van der Waals surface area (Å²) < 4.78 is 0. The van der Waals surface area contributed by atoms with Crippen LogP contribution in [0, 0.1) is 5.92 Å². The minimum atomic E-state index is -0.736. The van der Waals surface area contributed by atoms with Crippen LogP contribution < -0.4 is 0 Å². The van der Waals surface area contributed by atoms with Gasteiger partial charge in [-0.3, -0.25) is 4.79 Å². The number of rotatable bonds is 1. The first-order valence-corrected chi connectivity index (χ1v) is 4.02. The summed E-state index contributed by atoms with van der Waals surface area (Å²) in [5.41, 5.74) is 0. The van der Waals surface area contributed by atoms with Crippen LogP contribution in [0.4, 0.5) is 0 Å². The SMILES string of the molecule is O=C(O)[C@H]1CCCC[C@@H]1Cl. The molecule has 1 fully saturated rings. The van der Waals surface area contributed by atoms with Gasteiger partial charge in [-0.05, 0) is 12.8 Å². The topological polar surface area (TPSA) is 37.3 Å². The van der Waals surface area contributed by atoms with Crippen molar-refractivity contribution in [2.45, 2.75) is 31.1 Å². The Morgan fingerprint density at radius 2 is 2.00 bits per heavy atom. The summed E-state index contributed by atoms with van der Waals surface area (Å²) >= 11 is 5.80. The molecule has 2 nitrogen and oxygen atoms in total. The van der Waals surface area contributed by atoms with Gasteiger partial charge in [0.05, 0.1) is 5.92 Å². The fourth-order valence-corrected chi connectivity index (χ4v) is 1.75. The summed E-state index contributed by atoms with van der Waals surface area (Å²) in [7, 11) is 0. The molecule has 0 radical (unpaired) electrons. The van der Waals surface area contributed by atoms with E-state index in [1.165, 1.54) is 0 Å². The van der Waals surface area contributed by atoms with Gasteiger partial charge < -0.3 is 5.11 Å². The number of hydrogen-bond acceptors (Lipinski definition) is 1. The summed E-state index contributed by atoms with van der Waals surface area (Å²) in [5.74, 6) is -1.03. The molecule has 0 aliphatic heterocycles. The third-order valence-electron chi connectivity index (χ3n) is 2.00. The van der Waals surface area contributed by atoms with Crippen molar-refractivity contribution in [2.75, 3.05) is 0 Å². The molecule has 0 aromatic carbocycles. The number of aliphatic carboxylic acids is 1. The van der Waals surface area contributed by atoms with E-state index in [-0.39, 0.29) is 11.3 Å². The lowest BCUT2D eigenvalue weighted by Crippen LogP contribution is -2.27. The molecule has 1 aliphatic carbocycles. The smallest absolute Gasteiger partial charge is 0.307 e.